The van der Waals surface area contributed by atoms with Crippen LogP contribution in [0.5, 0.6) is 0 Å². The number of nitrogens with zero attached hydrogens (tertiary/aromatic N) is 2. The lowest BCUT2D eigenvalue weighted by molar-refractivity contribution is -0.394. The molecule has 7 nitrogen and oxygen atoms in total. The highest BCUT2D eigenvalue weighted by Gasteiger charge is 2.28. The topological polar surface area (TPSA) is 103 Å². The summed E-state index contributed by atoms with van der Waals surface area (Å²) < 4.78 is 0. The van der Waals surface area contributed by atoms with Crippen molar-refractivity contribution >= 4 is 17.2 Å². The molecule has 2 aromatic rings. The van der Waals surface area contributed by atoms with E-state index in [4.69, 9.17) is 0 Å². The molecule has 0 aliphatic rings. The number of ketones is 1. The van der Waals surface area contributed by atoms with E-state index in [9.17, 15) is 25.0 Å². The van der Waals surface area contributed by atoms with E-state index in [1.807, 2.05) is 44.2 Å². The van der Waals surface area contributed by atoms with Crippen LogP contribution in [0, 0.1) is 26.1 Å². The van der Waals surface area contributed by atoms with Gasteiger partial charge >= 0.3 is 0 Å². The zero-order valence-electron chi connectivity index (χ0n) is 13.9. The van der Waals surface area contributed by atoms with Gasteiger partial charge in [-0.1, -0.05) is 44.2 Å². The van der Waals surface area contributed by atoms with Crippen LogP contribution in [0.15, 0.2) is 48.5 Å². The van der Waals surface area contributed by atoms with Gasteiger partial charge in [-0.3, -0.25) is 25.0 Å². The standard InChI is InChI=1S/C18H18N2O5/c1-3-17(12(2)13-7-5-4-6-8-13)18(21)14-9-15(19(22)23)11-16(10-14)20(24)25/h4-12,17H,3H2,1-2H3/t12-,17+/m1/s1. The van der Waals surface area contributed by atoms with Gasteiger partial charge in [0, 0.05) is 23.6 Å². The molecular weight excluding hydrogens is 324 g/mol. The third kappa shape index (κ3) is 4.06. The largest absolute Gasteiger partial charge is 0.294 e. The van der Waals surface area contributed by atoms with Crippen LogP contribution >= 0.6 is 0 Å². The maximum atomic E-state index is 12.9. The Morgan fingerprint density at radius 3 is 1.96 bits per heavy atom. The molecule has 0 saturated heterocycles. The molecule has 0 aliphatic carbocycles. The third-order valence-electron chi connectivity index (χ3n) is 4.31. The molecule has 0 saturated carbocycles. The van der Waals surface area contributed by atoms with Gasteiger partial charge in [0.15, 0.2) is 5.78 Å². The van der Waals surface area contributed by atoms with Gasteiger partial charge in [0.1, 0.15) is 0 Å². The molecule has 25 heavy (non-hydrogen) atoms. The van der Waals surface area contributed by atoms with Crippen LogP contribution in [-0.2, 0) is 0 Å². The van der Waals surface area contributed by atoms with Gasteiger partial charge in [0.25, 0.3) is 11.4 Å². The molecule has 2 aromatic carbocycles. The van der Waals surface area contributed by atoms with Crippen LogP contribution in [0.3, 0.4) is 0 Å². The molecule has 0 amide bonds. The highest BCUT2D eigenvalue weighted by Crippen LogP contribution is 2.32. The fourth-order valence-electron chi connectivity index (χ4n) is 2.92. The Hall–Kier alpha value is -3.09. The Balaban J connectivity index is 2.43. The van der Waals surface area contributed by atoms with E-state index in [-0.39, 0.29) is 17.3 Å². The van der Waals surface area contributed by atoms with Gasteiger partial charge < -0.3 is 0 Å². The lowest BCUT2D eigenvalue weighted by atomic mass is 9.81. The van der Waals surface area contributed by atoms with Gasteiger partial charge in [-0.2, -0.15) is 0 Å². The van der Waals surface area contributed by atoms with Crippen molar-refractivity contribution in [3.05, 3.63) is 79.9 Å². The van der Waals surface area contributed by atoms with Crippen molar-refractivity contribution in [3.63, 3.8) is 0 Å². The second-order valence-corrected chi connectivity index (χ2v) is 5.83. The van der Waals surface area contributed by atoms with Crippen LogP contribution < -0.4 is 0 Å². The van der Waals surface area contributed by atoms with Gasteiger partial charge in [-0.15, -0.1) is 0 Å². The molecular formula is C18H18N2O5. The number of hydrogen-bond donors (Lipinski definition) is 0. The van der Waals surface area contributed by atoms with Crippen molar-refractivity contribution in [1.82, 2.24) is 0 Å². The van der Waals surface area contributed by atoms with Gasteiger partial charge in [0.05, 0.1) is 15.9 Å². The number of carbonyl (C=O) groups is 1. The Morgan fingerprint density at radius 2 is 1.52 bits per heavy atom. The second kappa shape index (κ2) is 7.65. The predicted octanol–water partition coefficient (Wildman–Crippen LogP) is 4.52. The SMILES string of the molecule is CC[C@H](C(=O)c1cc([N+](=O)[O-])cc([N+](=O)[O-])c1)[C@H](C)c1ccccc1. The van der Waals surface area contributed by atoms with Gasteiger partial charge in [-0.05, 0) is 17.9 Å². The Bertz CT molecular complexity index is 772. The summed E-state index contributed by atoms with van der Waals surface area (Å²) in [5.41, 5.74) is 0.0534. The summed E-state index contributed by atoms with van der Waals surface area (Å²) in [5.74, 6) is -0.869. The van der Waals surface area contributed by atoms with Gasteiger partial charge in [-0.25, -0.2) is 0 Å². The summed E-state index contributed by atoms with van der Waals surface area (Å²) in [5, 5.41) is 22.0. The maximum Gasteiger partial charge on any atom is 0.277 e. The van der Waals surface area contributed by atoms with Crippen LogP contribution in [0.2, 0.25) is 0 Å². The van der Waals surface area contributed by atoms with Crippen molar-refractivity contribution in [3.8, 4) is 0 Å². The van der Waals surface area contributed by atoms with Crippen molar-refractivity contribution < 1.29 is 14.6 Å². The first-order chi connectivity index (χ1) is 11.8. The summed E-state index contributed by atoms with van der Waals surface area (Å²) in [6.45, 7) is 3.76. The summed E-state index contributed by atoms with van der Waals surface area (Å²) >= 11 is 0. The molecule has 0 unspecified atom stereocenters. The molecule has 0 spiro atoms. The van der Waals surface area contributed by atoms with E-state index in [1.165, 1.54) is 0 Å². The first kappa shape index (κ1) is 18.3. The number of benzene rings is 2. The van der Waals surface area contributed by atoms with E-state index in [2.05, 4.69) is 0 Å². The van der Waals surface area contributed by atoms with Crippen LogP contribution in [0.4, 0.5) is 11.4 Å². The number of nitro groups is 2. The van der Waals surface area contributed by atoms with E-state index in [1.54, 1.807) is 0 Å². The normalized spacial score (nSPS) is 13.0. The summed E-state index contributed by atoms with van der Waals surface area (Å²) in [6, 6.07) is 12.5. The molecule has 2 rings (SSSR count). The van der Waals surface area contributed by atoms with E-state index >= 15 is 0 Å². The number of Topliss-reactive ketones (excluding diaryl/α,β-unsaturated/α-hetero) is 1. The van der Waals surface area contributed by atoms with Crippen molar-refractivity contribution in [2.24, 2.45) is 5.92 Å². The first-order valence-electron chi connectivity index (χ1n) is 7.88. The molecule has 0 N–H and O–H groups in total. The molecule has 0 bridgehead atoms. The Morgan fingerprint density at radius 1 is 1.00 bits per heavy atom. The lowest BCUT2D eigenvalue weighted by Gasteiger charge is -2.22. The minimum Gasteiger partial charge on any atom is -0.294 e. The molecule has 2 atom stereocenters. The molecule has 0 aliphatic heterocycles. The molecule has 7 heteroatoms. The number of carbonyl (C=O) groups excluding carboxylic acids is 1. The number of nitro benzene ring substituents is 2. The minimum absolute atomic E-state index is 0.00414. The number of rotatable bonds is 7. The van der Waals surface area contributed by atoms with Crippen molar-refractivity contribution in [2.75, 3.05) is 0 Å². The highest BCUT2D eigenvalue weighted by molar-refractivity contribution is 5.99. The van der Waals surface area contributed by atoms with Crippen LogP contribution in [0.25, 0.3) is 0 Å². The quantitative estimate of drug-likeness (QED) is 0.418. The first-order valence-corrected chi connectivity index (χ1v) is 7.88. The molecule has 0 aromatic heterocycles. The van der Waals surface area contributed by atoms with E-state index in [0.717, 1.165) is 23.8 Å². The summed E-state index contributed by atoms with van der Waals surface area (Å²) in [6.07, 6.45) is 0.519. The van der Waals surface area contributed by atoms with Crippen LogP contribution in [-0.4, -0.2) is 15.6 Å². The third-order valence-corrected chi connectivity index (χ3v) is 4.31. The van der Waals surface area contributed by atoms with E-state index < -0.39 is 27.1 Å². The average Bonchev–Trinajstić information content (AvgIpc) is 2.62. The molecule has 0 radical (unpaired) electrons. The lowest BCUT2D eigenvalue weighted by Crippen LogP contribution is -2.20. The Kier molecular flexibility index (Phi) is 5.59. The fraction of sp³-hybridized carbons (Fsp3) is 0.278. The zero-order valence-corrected chi connectivity index (χ0v) is 13.9. The second-order valence-electron chi connectivity index (χ2n) is 5.83. The minimum atomic E-state index is -0.731. The summed E-state index contributed by atoms with van der Waals surface area (Å²) in [7, 11) is 0. The number of non-ortho nitro benzene ring substituents is 2. The fourth-order valence-corrected chi connectivity index (χ4v) is 2.92. The zero-order chi connectivity index (χ0) is 18.6. The van der Waals surface area contributed by atoms with Crippen molar-refractivity contribution in [1.29, 1.82) is 0 Å². The van der Waals surface area contributed by atoms with Gasteiger partial charge in [0.2, 0.25) is 0 Å². The molecule has 0 fully saturated rings. The molecule has 130 valence electrons. The predicted molar refractivity (Wildman–Crippen MR) is 92.7 cm³/mol. The molecule has 0 heterocycles. The smallest absolute Gasteiger partial charge is 0.277 e. The van der Waals surface area contributed by atoms with E-state index in [0.29, 0.717) is 6.42 Å². The monoisotopic (exact) mass is 342 g/mol. The highest BCUT2D eigenvalue weighted by atomic mass is 16.6. The van der Waals surface area contributed by atoms with Crippen molar-refractivity contribution in [2.45, 2.75) is 26.2 Å². The van der Waals surface area contributed by atoms with Crippen LogP contribution in [0.1, 0.15) is 42.1 Å². The maximum absolute atomic E-state index is 12.9. The average molecular weight is 342 g/mol. The summed E-state index contributed by atoms with van der Waals surface area (Å²) in [4.78, 5) is 33.5. The Labute approximate surface area is 144 Å². The number of hydrogen-bond acceptors (Lipinski definition) is 5.